The largest absolute Gasteiger partial charge is 0.415 e. The van der Waals surface area contributed by atoms with Crippen LogP contribution in [-0.4, -0.2) is 37.2 Å². The SMILES string of the molecule is CC(C)c1ccc(OC(=O)N2CCN(c3ccc(C#N)c(Cl)c3)CC2)cc1. The second-order valence-electron chi connectivity index (χ2n) is 6.84. The van der Waals surface area contributed by atoms with E-state index >= 15 is 0 Å². The Morgan fingerprint density at radius 1 is 1.11 bits per heavy atom. The van der Waals surface area contributed by atoms with Gasteiger partial charge in [0.05, 0.1) is 10.6 Å². The maximum absolute atomic E-state index is 12.4. The maximum atomic E-state index is 12.4. The third kappa shape index (κ3) is 4.53. The van der Waals surface area contributed by atoms with Crippen LogP contribution in [0.1, 0.15) is 30.9 Å². The number of carbonyl (C=O) groups excluding carboxylic acids is 1. The number of hydrogen-bond donors (Lipinski definition) is 0. The van der Waals surface area contributed by atoms with E-state index in [-0.39, 0.29) is 6.09 Å². The van der Waals surface area contributed by atoms with Gasteiger partial charge >= 0.3 is 6.09 Å². The molecule has 0 atom stereocenters. The maximum Gasteiger partial charge on any atom is 0.415 e. The number of rotatable bonds is 3. The Kier molecular flexibility index (Phi) is 5.88. The summed E-state index contributed by atoms with van der Waals surface area (Å²) in [7, 11) is 0. The number of nitrogens with zero attached hydrogens (tertiary/aromatic N) is 3. The van der Waals surface area contributed by atoms with Gasteiger partial charge in [0.1, 0.15) is 11.8 Å². The van der Waals surface area contributed by atoms with Crippen LogP contribution >= 0.6 is 11.6 Å². The van der Waals surface area contributed by atoms with E-state index in [0.29, 0.717) is 48.4 Å². The van der Waals surface area contributed by atoms with Crippen molar-refractivity contribution < 1.29 is 9.53 Å². The molecule has 0 spiro atoms. The first-order valence-corrected chi connectivity index (χ1v) is 9.37. The lowest BCUT2D eigenvalue weighted by molar-refractivity contribution is 0.149. The highest BCUT2D eigenvalue weighted by atomic mass is 35.5. The van der Waals surface area contributed by atoms with Crippen molar-refractivity contribution in [1.29, 1.82) is 5.26 Å². The highest BCUT2D eigenvalue weighted by Crippen LogP contribution is 2.24. The smallest absolute Gasteiger partial charge is 0.410 e. The average Bonchev–Trinajstić information content (AvgIpc) is 2.68. The third-order valence-corrected chi connectivity index (χ3v) is 5.04. The van der Waals surface area contributed by atoms with Crippen LogP contribution in [0.4, 0.5) is 10.5 Å². The van der Waals surface area contributed by atoms with Crippen molar-refractivity contribution in [1.82, 2.24) is 4.90 Å². The van der Waals surface area contributed by atoms with Crippen LogP contribution in [0.5, 0.6) is 5.75 Å². The number of ether oxygens (including phenoxy) is 1. The van der Waals surface area contributed by atoms with Gasteiger partial charge in [0.25, 0.3) is 0 Å². The first-order chi connectivity index (χ1) is 13.0. The van der Waals surface area contributed by atoms with E-state index in [2.05, 4.69) is 24.8 Å². The summed E-state index contributed by atoms with van der Waals surface area (Å²) in [5.74, 6) is 1.00. The number of amides is 1. The lowest BCUT2D eigenvalue weighted by atomic mass is 10.0. The summed E-state index contributed by atoms with van der Waals surface area (Å²) in [5, 5.41) is 9.42. The van der Waals surface area contributed by atoms with Crippen molar-refractivity contribution in [3.05, 3.63) is 58.6 Å². The first-order valence-electron chi connectivity index (χ1n) is 8.99. The molecule has 0 radical (unpaired) electrons. The molecule has 0 saturated carbocycles. The van der Waals surface area contributed by atoms with E-state index in [0.717, 1.165) is 5.69 Å². The van der Waals surface area contributed by atoms with E-state index in [1.54, 1.807) is 17.0 Å². The Hall–Kier alpha value is -2.71. The van der Waals surface area contributed by atoms with E-state index in [4.69, 9.17) is 21.6 Å². The van der Waals surface area contributed by atoms with E-state index in [1.807, 2.05) is 30.3 Å². The molecule has 0 N–H and O–H groups in total. The van der Waals surface area contributed by atoms with Crippen LogP contribution in [0, 0.1) is 11.3 Å². The van der Waals surface area contributed by atoms with Crippen LogP contribution in [-0.2, 0) is 0 Å². The van der Waals surface area contributed by atoms with E-state index in [9.17, 15) is 4.79 Å². The highest BCUT2D eigenvalue weighted by molar-refractivity contribution is 6.32. The van der Waals surface area contributed by atoms with Crippen LogP contribution in [0.25, 0.3) is 0 Å². The lowest BCUT2D eigenvalue weighted by Crippen LogP contribution is -2.49. The topological polar surface area (TPSA) is 56.6 Å². The molecule has 27 heavy (non-hydrogen) atoms. The predicted molar refractivity (Wildman–Crippen MR) is 107 cm³/mol. The Balaban J connectivity index is 1.56. The van der Waals surface area contributed by atoms with Gasteiger partial charge in [-0.15, -0.1) is 0 Å². The number of hydrogen-bond acceptors (Lipinski definition) is 4. The molecule has 1 aliphatic rings. The fraction of sp³-hybridized carbons (Fsp3) is 0.333. The zero-order valence-electron chi connectivity index (χ0n) is 15.5. The fourth-order valence-corrected chi connectivity index (χ4v) is 3.24. The zero-order chi connectivity index (χ0) is 19.4. The summed E-state index contributed by atoms with van der Waals surface area (Å²) in [6.07, 6.45) is -0.329. The summed E-state index contributed by atoms with van der Waals surface area (Å²) in [6, 6.07) is 15.1. The van der Waals surface area contributed by atoms with E-state index in [1.165, 1.54) is 5.56 Å². The molecule has 6 heteroatoms. The predicted octanol–water partition coefficient (Wildman–Crippen LogP) is 4.66. The molecule has 1 aliphatic heterocycles. The Bertz CT molecular complexity index is 851. The number of piperazine rings is 1. The van der Waals surface area contributed by atoms with Gasteiger partial charge in [0, 0.05) is 31.9 Å². The minimum absolute atomic E-state index is 0.329. The summed E-state index contributed by atoms with van der Waals surface area (Å²) in [5.41, 5.74) is 2.63. The van der Waals surface area contributed by atoms with Crippen LogP contribution in [0.2, 0.25) is 5.02 Å². The summed E-state index contributed by atoms with van der Waals surface area (Å²) in [4.78, 5) is 16.2. The monoisotopic (exact) mass is 383 g/mol. The van der Waals surface area contributed by atoms with E-state index < -0.39 is 0 Å². The first kappa shape index (κ1) is 19.1. The minimum atomic E-state index is -0.329. The summed E-state index contributed by atoms with van der Waals surface area (Å²) < 4.78 is 5.49. The Morgan fingerprint density at radius 2 is 1.78 bits per heavy atom. The zero-order valence-corrected chi connectivity index (χ0v) is 16.2. The molecule has 0 unspecified atom stereocenters. The second-order valence-corrected chi connectivity index (χ2v) is 7.25. The van der Waals surface area contributed by atoms with Crippen molar-refractivity contribution in [3.63, 3.8) is 0 Å². The van der Waals surface area contributed by atoms with Crippen molar-refractivity contribution in [2.45, 2.75) is 19.8 Å². The normalized spacial score (nSPS) is 14.2. The molecule has 1 heterocycles. The quantitative estimate of drug-likeness (QED) is 0.773. The minimum Gasteiger partial charge on any atom is -0.410 e. The molecular weight excluding hydrogens is 362 g/mol. The summed E-state index contributed by atoms with van der Waals surface area (Å²) >= 11 is 6.11. The molecule has 0 aromatic heterocycles. The molecule has 0 aliphatic carbocycles. The van der Waals surface area contributed by atoms with Crippen molar-refractivity contribution in [2.75, 3.05) is 31.1 Å². The molecule has 0 bridgehead atoms. The van der Waals surface area contributed by atoms with Gasteiger partial charge in [-0.2, -0.15) is 5.26 Å². The van der Waals surface area contributed by atoms with Crippen molar-refractivity contribution in [2.24, 2.45) is 0 Å². The Morgan fingerprint density at radius 3 is 2.33 bits per heavy atom. The van der Waals surface area contributed by atoms with Gasteiger partial charge in [-0.3, -0.25) is 0 Å². The van der Waals surface area contributed by atoms with Gasteiger partial charge < -0.3 is 14.5 Å². The van der Waals surface area contributed by atoms with Gasteiger partial charge in [0.15, 0.2) is 0 Å². The molecule has 1 amide bonds. The van der Waals surface area contributed by atoms with Gasteiger partial charge in [-0.1, -0.05) is 37.6 Å². The number of carbonyl (C=O) groups is 1. The summed E-state index contributed by atoms with van der Waals surface area (Å²) in [6.45, 7) is 6.76. The third-order valence-electron chi connectivity index (χ3n) is 4.73. The van der Waals surface area contributed by atoms with Gasteiger partial charge in [0.2, 0.25) is 0 Å². The molecule has 5 nitrogen and oxygen atoms in total. The molecular formula is C21H22ClN3O2. The molecule has 3 rings (SSSR count). The van der Waals surface area contributed by atoms with Gasteiger partial charge in [-0.25, -0.2) is 4.79 Å². The Labute approximate surface area is 164 Å². The highest BCUT2D eigenvalue weighted by Gasteiger charge is 2.23. The van der Waals surface area contributed by atoms with Crippen molar-refractivity contribution >= 4 is 23.4 Å². The lowest BCUT2D eigenvalue weighted by Gasteiger charge is -2.35. The molecule has 2 aromatic carbocycles. The standard InChI is InChI=1S/C21H22ClN3O2/c1-15(2)16-4-7-19(8-5-16)27-21(26)25-11-9-24(10-12-25)18-6-3-17(14-23)20(22)13-18/h3-8,13,15H,9-12H2,1-2H3. The molecule has 1 saturated heterocycles. The molecule has 2 aromatic rings. The number of benzene rings is 2. The second kappa shape index (κ2) is 8.32. The fourth-order valence-electron chi connectivity index (χ4n) is 3.02. The van der Waals surface area contributed by atoms with Crippen LogP contribution in [0.3, 0.4) is 0 Å². The van der Waals surface area contributed by atoms with Crippen molar-refractivity contribution in [3.8, 4) is 11.8 Å². The van der Waals surface area contributed by atoms with Crippen LogP contribution < -0.4 is 9.64 Å². The van der Waals surface area contributed by atoms with Crippen LogP contribution in [0.15, 0.2) is 42.5 Å². The molecule has 140 valence electrons. The van der Waals surface area contributed by atoms with Gasteiger partial charge in [-0.05, 0) is 41.8 Å². The number of nitriles is 1. The number of anilines is 1. The number of halogens is 1. The average molecular weight is 384 g/mol. The molecule has 1 fully saturated rings.